The van der Waals surface area contributed by atoms with Crippen LogP contribution in [-0.4, -0.2) is 9.55 Å². The minimum atomic E-state index is -0.111. The Morgan fingerprint density at radius 3 is 2.85 bits per heavy atom. The number of fused-ring (bicyclic) bond motifs is 1. The van der Waals surface area contributed by atoms with Crippen LogP contribution in [0.4, 0.5) is 0 Å². The molecular formula is C9H9ClN2O. The molecule has 0 saturated carbocycles. The van der Waals surface area contributed by atoms with Gasteiger partial charge >= 0.3 is 5.69 Å². The van der Waals surface area contributed by atoms with Gasteiger partial charge in [0.25, 0.3) is 0 Å². The van der Waals surface area contributed by atoms with Crippen LogP contribution >= 0.6 is 11.6 Å². The number of halogens is 1. The lowest BCUT2D eigenvalue weighted by molar-refractivity contribution is 0.891. The highest BCUT2D eigenvalue weighted by atomic mass is 35.5. The normalized spacial score (nSPS) is 11.0. The van der Waals surface area contributed by atoms with E-state index in [1.54, 1.807) is 17.7 Å². The average Bonchev–Trinajstić information content (AvgIpc) is 2.38. The van der Waals surface area contributed by atoms with Crippen molar-refractivity contribution in [1.82, 2.24) is 9.55 Å². The standard InChI is InChI=1S/C9H9ClN2O/c1-5-6(10)3-4-7-8(5)11-9(13)12(7)2/h3-4H,1-2H3,(H,11,13). The van der Waals surface area contributed by atoms with E-state index in [1.807, 2.05) is 13.0 Å². The predicted molar refractivity (Wildman–Crippen MR) is 53.3 cm³/mol. The van der Waals surface area contributed by atoms with E-state index in [0.29, 0.717) is 5.02 Å². The Kier molecular flexibility index (Phi) is 1.70. The van der Waals surface area contributed by atoms with Crippen molar-refractivity contribution >= 4 is 22.6 Å². The summed E-state index contributed by atoms with van der Waals surface area (Å²) in [6, 6.07) is 3.63. The van der Waals surface area contributed by atoms with Gasteiger partial charge < -0.3 is 4.98 Å². The van der Waals surface area contributed by atoms with Gasteiger partial charge in [0.2, 0.25) is 0 Å². The van der Waals surface area contributed by atoms with Crippen molar-refractivity contribution in [2.75, 3.05) is 0 Å². The zero-order valence-electron chi connectivity index (χ0n) is 7.39. The van der Waals surface area contributed by atoms with Crippen LogP contribution in [0.15, 0.2) is 16.9 Å². The Hall–Kier alpha value is -1.22. The van der Waals surface area contributed by atoms with E-state index in [9.17, 15) is 4.79 Å². The van der Waals surface area contributed by atoms with Crippen LogP contribution in [-0.2, 0) is 7.05 Å². The molecule has 0 aliphatic carbocycles. The zero-order chi connectivity index (χ0) is 9.59. The molecule has 0 bridgehead atoms. The number of aromatic amines is 1. The molecule has 0 unspecified atom stereocenters. The van der Waals surface area contributed by atoms with Crippen LogP contribution in [0.2, 0.25) is 5.02 Å². The van der Waals surface area contributed by atoms with Crippen molar-refractivity contribution in [2.45, 2.75) is 6.92 Å². The second-order valence-corrected chi connectivity index (χ2v) is 3.46. The van der Waals surface area contributed by atoms with E-state index in [2.05, 4.69) is 4.98 Å². The second kappa shape index (κ2) is 2.64. The molecule has 3 nitrogen and oxygen atoms in total. The lowest BCUT2D eigenvalue weighted by Crippen LogP contribution is -2.11. The van der Waals surface area contributed by atoms with E-state index in [0.717, 1.165) is 16.6 Å². The monoisotopic (exact) mass is 196 g/mol. The molecule has 0 aliphatic heterocycles. The van der Waals surface area contributed by atoms with E-state index in [1.165, 1.54) is 0 Å². The molecule has 0 radical (unpaired) electrons. The van der Waals surface area contributed by atoms with Gasteiger partial charge in [-0.2, -0.15) is 0 Å². The first-order chi connectivity index (χ1) is 6.11. The van der Waals surface area contributed by atoms with Crippen LogP contribution in [0, 0.1) is 6.92 Å². The SMILES string of the molecule is Cc1c(Cl)ccc2c1[nH]c(=O)n2C. The van der Waals surface area contributed by atoms with Crippen LogP contribution in [0.3, 0.4) is 0 Å². The fourth-order valence-corrected chi connectivity index (χ4v) is 1.57. The third-order valence-corrected chi connectivity index (χ3v) is 2.68. The van der Waals surface area contributed by atoms with Crippen molar-refractivity contribution in [3.05, 3.63) is 33.2 Å². The van der Waals surface area contributed by atoms with Gasteiger partial charge in [0, 0.05) is 12.1 Å². The van der Waals surface area contributed by atoms with Crippen molar-refractivity contribution in [2.24, 2.45) is 7.05 Å². The molecule has 0 amide bonds. The summed E-state index contributed by atoms with van der Waals surface area (Å²) in [4.78, 5) is 14.0. The maximum absolute atomic E-state index is 11.3. The Bertz CT molecular complexity index is 524. The van der Waals surface area contributed by atoms with Crippen molar-refractivity contribution in [3.63, 3.8) is 0 Å². The number of benzene rings is 1. The largest absolute Gasteiger partial charge is 0.326 e. The van der Waals surface area contributed by atoms with Gasteiger partial charge in [0.1, 0.15) is 0 Å². The Labute approximate surface area is 79.9 Å². The van der Waals surface area contributed by atoms with Gasteiger partial charge in [-0.1, -0.05) is 11.6 Å². The topological polar surface area (TPSA) is 37.8 Å². The molecule has 1 aromatic heterocycles. The molecule has 0 fully saturated rings. The number of nitrogens with one attached hydrogen (secondary N) is 1. The third kappa shape index (κ3) is 1.08. The minimum Gasteiger partial charge on any atom is -0.305 e. The van der Waals surface area contributed by atoms with Gasteiger partial charge in [-0.3, -0.25) is 4.57 Å². The molecule has 1 heterocycles. The van der Waals surface area contributed by atoms with Gasteiger partial charge in [-0.25, -0.2) is 4.79 Å². The molecule has 2 rings (SSSR count). The molecule has 0 atom stereocenters. The number of H-pyrrole nitrogens is 1. The summed E-state index contributed by atoms with van der Waals surface area (Å²) in [5.41, 5.74) is 2.50. The molecule has 0 aliphatic rings. The van der Waals surface area contributed by atoms with Crippen LogP contribution in [0.25, 0.3) is 11.0 Å². The van der Waals surface area contributed by atoms with Crippen molar-refractivity contribution in [3.8, 4) is 0 Å². The third-order valence-electron chi connectivity index (χ3n) is 2.27. The number of imidazole rings is 1. The van der Waals surface area contributed by atoms with Gasteiger partial charge in [0.05, 0.1) is 11.0 Å². The van der Waals surface area contributed by atoms with E-state index in [4.69, 9.17) is 11.6 Å². The Morgan fingerprint density at radius 1 is 1.46 bits per heavy atom. The quantitative estimate of drug-likeness (QED) is 0.686. The Balaban J connectivity index is 3.03. The summed E-state index contributed by atoms with van der Waals surface area (Å²) >= 11 is 5.92. The number of nitrogens with zero attached hydrogens (tertiary/aromatic N) is 1. The number of hydrogen-bond donors (Lipinski definition) is 1. The molecule has 0 saturated heterocycles. The maximum atomic E-state index is 11.3. The molecule has 0 spiro atoms. The van der Waals surface area contributed by atoms with Crippen molar-refractivity contribution < 1.29 is 0 Å². The highest BCUT2D eigenvalue weighted by molar-refractivity contribution is 6.32. The number of rotatable bonds is 0. The van der Waals surface area contributed by atoms with Crippen LogP contribution < -0.4 is 5.69 Å². The Morgan fingerprint density at radius 2 is 2.15 bits per heavy atom. The highest BCUT2D eigenvalue weighted by Crippen LogP contribution is 2.22. The van der Waals surface area contributed by atoms with Gasteiger partial charge in [-0.15, -0.1) is 0 Å². The summed E-state index contributed by atoms with van der Waals surface area (Å²) in [6.07, 6.45) is 0. The molecule has 2 aromatic rings. The first-order valence-electron chi connectivity index (χ1n) is 3.95. The van der Waals surface area contributed by atoms with Crippen molar-refractivity contribution in [1.29, 1.82) is 0 Å². The van der Waals surface area contributed by atoms with Crippen LogP contribution in [0.1, 0.15) is 5.56 Å². The fraction of sp³-hybridized carbons (Fsp3) is 0.222. The summed E-state index contributed by atoms with van der Waals surface area (Å²) in [7, 11) is 1.73. The molecule has 13 heavy (non-hydrogen) atoms. The highest BCUT2D eigenvalue weighted by Gasteiger charge is 2.06. The molecule has 68 valence electrons. The minimum absolute atomic E-state index is 0.111. The summed E-state index contributed by atoms with van der Waals surface area (Å²) in [5.74, 6) is 0. The molecular weight excluding hydrogens is 188 g/mol. The second-order valence-electron chi connectivity index (χ2n) is 3.06. The lowest BCUT2D eigenvalue weighted by Gasteiger charge is -1.98. The maximum Gasteiger partial charge on any atom is 0.326 e. The van der Waals surface area contributed by atoms with Gasteiger partial charge in [-0.05, 0) is 24.6 Å². The molecule has 1 aromatic carbocycles. The average molecular weight is 197 g/mol. The summed E-state index contributed by atoms with van der Waals surface area (Å²) in [6.45, 7) is 1.89. The lowest BCUT2D eigenvalue weighted by atomic mass is 10.2. The number of aromatic nitrogens is 2. The first-order valence-corrected chi connectivity index (χ1v) is 4.33. The predicted octanol–water partition coefficient (Wildman–Crippen LogP) is 1.83. The van der Waals surface area contributed by atoms with E-state index in [-0.39, 0.29) is 5.69 Å². The van der Waals surface area contributed by atoms with Gasteiger partial charge in [0.15, 0.2) is 0 Å². The smallest absolute Gasteiger partial charge is 0.305 e. The van der Waals surface area contributed by atoms with Crippen LogP contribution in [0.5, 0.6) is 0 Å². The number of aryl methyl sites for hydroxylation is 2. The van der Waals surface area contributed by atoms with E-state index < -0.39 is 0 Å². The first kappa shape index (κ1) is 8.38. The molecule has 1 N–H and O–H groups in total. The zero-order valence-corrected chi connectivity index (χ0v) is 8.14. The summed E-state index contributed by atoms with van der Waals surface area (Å²) in [5, 5.41) is 0.675. The fourth-order valence-electron chi connectivity index (χ4n) is 1.41. The number of hydrogen-bond acceptors (Lipinski definition) is 1. The molecule has 4 heteroatoms. The summed E-state index contributed by atoms with van der Waals surface area (Å²) < 4.78 is 1.57. The van der Waals surface area contributed by atoms with E-state index >= 15 is 0 Å².